The molecule has 9 nitrogen and oxygen atoms in total. The van der Waals surface area contributed by atoms with Crippen molar-refractivity contribution in [1.29, 1.82) is 0 Å². The van der Waals surface area contributed by atoms with E-state index in [0.29, 0.717) is 34.8 Å². The van der Waals surface area contributed by atoms with Gasteiger partial charge in [0.2, 0.25) is 0 Å². The van der Waals surface area contributed by atoms with Gasteiger partial charge in [-0.3, -0.25) is 14.6 Å². The predicted molar refractivity (Wildman–Crippen MR) is 134 cm³/mol. The maximum absolute atomic E-state index is 15.0. The average Bonchev–Trinajstić information content (AvgIpc) is 2.92. The van der Waals surface area contributed by atoms with Crippen LogP contribution in [0.1, 0.15) is 6.42 Å². The van der Waals surface area contributed by atoms with E-state index in [1.807, 2.05) is 0 Å². The number of hydrogen-bond acceptors (Lipinski definition) is 8. The van der Waals surface area contributed by atoms with E-state index in [1.54, 1.807) is 25.3 Å². The van der Waals surface area contributed by atoms with Gasteiger partial charge >= 0.3 is 0 Å². The zero-order valence-electron chi connectivity index (χ0n) is 20.4. The minimum Gasteiger partial charge on any atom is -0.497 e. The van der Waals surface area contributed by atoms with Gasteiger partial charge in [-0.2, -0.15) is 0 Å². The topological polar surface area (TPSA) is 86.3 Å². The van der Waals surface area contributed by atoms with Crippen molar-refractivity contribution in [3.8, 4) is 17.2 Å². The Morgan fingerprint density at radius 1 is 1.17 bits per heavy atom. The normalized spacial score (nSPS) is 13.9. The molecule has 4 rings (SSSR count). The molecule has 1 aromatic heterocycles. The number of methoxy groups -OCH3 is 2. The summed E-state index contributed by atoms with van der Waals surface area (Å²) in [6, 6.07) is 7.64. The maximum Gasteiger partial charge on any atom is 0.256 e. The van der Waals surface area contributed by atoms with Gasteiger partial charge in [-0.25, -0.2) is 14.4 Å². The Kier molecular flexibility index (Phi) is 8.29. The first-order chi connectivity index (χ1) is 17.5. The van der Waals surface area contributed by atoms with Gasteiger partial charge in [-0.1, -0.05) is 6.58 Å². The SMILES string of the molecule is C=CC(=O)N(c1ccc(OC)cc1F)c1ncnc2cc(OC)c(OCCCN3CCOCC3)cc12. The number of carbonyl (C=O) groups is 1. The van der Waals surface area contributed by atoms with Crippen molar-refractivity contribution < 1.29 is 28.1 Å². The Labute approximate surface area is 209 Å². The highest BCUT2D eigenvalue weighted by Crippen LogP contribution is 2.38. The number of amides is 1. The standard InChI is InChI=1S/C26H29FN4O5/c1-4-25(32)31(22-7-6-18(33-2)14-20(22)27)26-19-15-24(23(34-3)16-21(19)28-17-29-26)36-11-5-8-30-9-12-35-13-10-30/h4,6-7,14-17H,1,5,8-13H2,2-3H3. The van der Waals surface area contributed by atoms with Gasteiger partial charge in [0, 0.05) is 37.2 Å². The molecule has 1 aliphatic rings. The Bertz CT molecular complexity index is 1230. The van der Waals surface area contributed by atoms with E-state index in [0.717, 1.165) is 50.2 Å². The lowest BCUT2D eigenvalue weighted by Crippen LogP contribution is -2.37. The van der Waals surface area contributed by atoms with Crippen LogP contribution in [0.3, 0.4) is 0 Å². The summed E-state index contributed by atoms with van der Waals surface area (Å²) in [5.74, 6) is 0.286. The number of hydrogen-bond donors (Lipinski definition) is 0. The Hall–Kier alpha value is -3.76. The van der Waals surface area contributed by atoms with E-state index in [9.17, 15) is 4.79 Å². The number of fused-ring (bicyclic) bond motifs is 1. The van der Waals surface area contributed by atoms with Crippen LogP contribution in [0.25, 0.3) is 10.9 Å². The highest BCUT2D eigenvalue weighted by atomic mass is 19.1. The number of anilines is 2. The minimum atomic E-state index is -0.649. The van der Waals surface area contributed by atoms with Crippen LogP contribution < -0.4 is 19.1 Å². The van der Waals surface area contributed by atoms with Gasteiger partial charge in [-0.15, -0.1) is 0 Å². The predicted octanol–water partition coefficient (Wildman–Crippen LogP) is 3.74. The van der Waals surface area contributed by atoms with Crippen molar-refractivity contribution in [3.05, 3.63) is 55.1 Å². The van der Waals surface area contributed by atoms with Gasteiger partial charge in [0.25, 0.3) is 5.91 Å². The van der Waals surface area contributed by atoms with E-state index >= 15 is 4.39 Å². The molecule has 0 spiro atoms. The summed E-state index contributed by atoms with van der Waals surface area (Å²) in [4.78, 5) is 25.0. The molecule has 3 aromatic rings. The summed E-state index contributed by atoms with van der Waals surface area (Å²) in [5.41, 5.74) is 0.512. The lowest BCUT2D eigenvalue weighted by Gasteiger charge is -2.26. The van der Waals surface area contributed by atoms with Crippen LogP contribution in [-0.4, -0.2) is 74.4 Å². The molecule has 1 saturated heterocycles. The van der Waals surface area contributed by atoms with Crippen molar-refractivity contribution in [2.24, 2.45) is 0 Å². The van der Waals surface area contributed by atoms with Crippen LogP contribution in [0.4, 0.5) is 15.9 Å². The van der Waals surface area contributed by atoms with Crippen molar-refractivity contribution in [1.82, 2.24) is 14.9 Å². The molecule has 2 heterocycles. The number of carbonyl (C=O) groups excluding carboxylic acids is 1. The molecule has 36 heavy (non-hydrogen) atoms. The van der Waals surface area contributed by atoms with Crippen LogP contribution in [0.2, 0.25) is 0 Å². The number of halogens is 1. The molecule has 0 N–H and O–H groups in total. The van der Waals surface area contributed by atoms with Crippen LogP contribution in [0.15, 0.2) is 49.3 Å². The molecule has 0 aliphatic carbocycles. The first-order valence-corrected chi connectivity index (χ1v) is 11.6. The van der Waals surface area contributed by atoms with Crippen LogP contribution in [0, 0.1) is 5.82 Å². The van der Waals surface area contributed by atoms with E-state index in [1.165, 1.54) is 25.6 Å². The first-order valence-electron chi connectivity index (χ1n) is 11.6. The lowest BCUT2D eigenvalue weighted by molar-refractivity contribution is -0.113. The Morgan fingerprint density at radius 3 is 2.67 bits per heavy atom. The van der Waals surface area contributed by atoms with Crippen LogP contribution in [-0.2, 0) is 9.53 Å². The second kappa shape index (κ2) is 11.8. The molecule has 1 aliphatic heterocycles. The summed E-state index contributed by atoms with van der Waals surface area (Å²) in [6.45, 7) is 8.25. The van der Waals surface area contributed by atoms with Crippen LogP contribution in [0.5, 0.6) is 17.2 Å². The van der Waals surface area contributed by atoms with Crippen molar-refractivity contribution >= 4 is 28.3 Å². The second-order valence-electron chi connectivity index (χ2n) is 8.07. The average molecular weight is 497 g/mol. The maximum atomic E-state index is 15.0. The highest BCUT2D eigenvalue weighted by Gasteiger charge is 2.24. The fourth-order valence-electron chi connectivity index (χ4n) is 4.02. The molecule has 0 bridgehead atoms. The fraction of sp³-hybridized carbons (Fsp3) is 0.346. The molecule has 0 radical (unpaired) electrons. The molecule has 0 atom stereocenters. The quantitative estimate of drug-likeness (QED) is 0.310. The number of ether oxygens (including phenoxy) is 4. The molecule has 10 heteroatoms. The zero-order valence-corrected chi connectivity index (χ0v) is 20.4. The van der Waals surface area contributed by atoms with Crippen LogP contribution >= 0.6 is 0 Å². The fourth-order valence-corrected chi connectivity index (χ4v) is 4.02. The number of rotatable bonds is 10. The Morgan fingerprint density at radius 2 is 1.97 bits per heavy atom. The van der Waals surface area contributed by atoms with Crippen molar-refractivity contribution in [2.75, 3.05) is 58.6 Å². The first kappa shape index (κ1) is 25.3. The van der Waals surface area contributed by atoms with Gasteiger partial charge in [0.05, 0.1) is 45.2 Å². The third-order valence-corrected chi connectivity index (χ3v) is 5.88. The zero-order chi connectivity index (χ0) is 25.5. The van der Waals surface area contributed by atoms with E-state index < -0.39 is 11.7 Å². The summed E-state index contributed by atoms with van der Waals surface area (Å²) >= 11 is 0. The highest BCUT2D eigenvalue weighted by molar-refractivity contribution is 6.11. The molecular weight excluding hydrogens is 467 g/mol. The number of morpholine rings is 1. The van der Waals surface area contributed by atoms with Crippen molar-refractivity contribution in [2.45, 2.75) is 6.42 Å². The van der Waals surface area contributed by atoms with E-state index in [2.05, 4.69) is 21.4 Å². The van der Waals surface area contributed by atoms with E-state index in [4.69, 9.17) is 18.9 Å². The summed E-state index contributed by atoms with van der Waals surface area (Å²) in [7, 11) is 2.99. The molecule has 1 amide bonds. The summed E-state index contributed by atoms with van der Waals surface area (Å²) in [6.07, 6.45) is 3.23. The molecular formula is C26H29FN4O5. The van der Waals surface area contributed by atoms with Gasteiger partial charge in [-0.05, 0) is 30.7 Å². The molecule has 0 saturated carbocycles. The third kappa shape index (κ3) is 5.55. The summed E-state index contributed by atoms with van der Waals surface area (Å²) < 4.78 is 37.1. The van der Waals surface area contributed by atoms with Gasteiger partial charge in [0.15, 0.2) is 23.1 Å². The molecule has 2 aromatic carbocycles. The van der Waals surface area contributed by atoms with Gasteiger partial charge < -0.3 is 18.9 Å². The molecule has 0 unspecified atom stereocenters. The lowest BCUT2D eigenvalue weighted by atomic mass is 10.1. The molecule has 190 valence electrons. The smallest absolute Gasteiger partial charge is 0.256 e. The number of aromatic nitrogens is 2. The van der Waals surface area contributed by atoms with Gasteiger partial charge in [0.1, 0.15) is 12.1 Å². The number of nitrogens with zero attached hydrogens (tertiary/aromatic N) is 4. The largest absolute Gasteiger partial charge is 0.497 e. The third-order valence-electron chi connectivity index (χ3n) is 5.88. The Balaban J connectivity index is 1.67. The monoisotopic (exact) mass is 496 g/mol. The summed E-state index contributed by atoms with van der Waals surface area (Å²) in [5, 5.41) is 0.492. The van der Waals surface area contributed by atoms with Crippen molar-refractivity contribution in [3.63, 3.8) is 0 Å². The second-order valence-corrected chi connectivity index (χ2v) is 8.07. The van der Waals surface area contributed by atoms with E-state index in [-0.39, 0.29) is 11.5 Å². The molecule has 1 fully saturated rings. The minimum absolute atomic E-state index is 0.00416. The number of benzene rings is 2.